The number of thioether (sulfide) groups is 1. The number of rotatable bonds is 9. The summed E-state index contributed by atoms with van der Waals surface area (Å²) < 4.78 is 10.8. The van der Waals surface area contributed by atoms with Crippen LogP contribution in [0, 0.1) is 5.92 Å². The Kier molecular flexibility index (Phi) is 4.60. The fraction of sp³-hybridized carbons (Fsp3) is 0.688. The number of hydrogen-bond acceptors (Lipinski definition) is 5. The predicted molar refractivity (Wildman–Crippen MR) is 83.1 cm³/mol. The minimum atomic E-state index is -0.492. The van der Waals surface area contributed by atoms with Gasteiger partial charge in [0, 0.05) is 11.8 Å². The Hall–Kier alpha value is -0.940. The first-order chi connectivity index (χ1) is 10.2. The molecule has 0 radical (unpaired) electrons. The summed E-state index contributed by atoms with van der Waals surface area (Å²) in [5.41, 5.74) is -0.492. The maximum absolute atomic E-state index is 12.6. The second-order valence-corrected chi connectivity index (χ2v) is 6.94. The lowest BCUT2D eigenvalue weighted by Crippen LogP contribution is -2.58. The summed E-state index contributed by atoms with van der Waals surface area (Å²) in [7, 11) is 0. The molecule has 116 valence electrons. The maximum Gasteiger partial charge on any atom is 0.327 e. The van der Waals surface area contributed by atoms with Crippen LogP contribution < -0.4 is 5.32 Å². The van der Waals surface area contributed by atoms with Crippen LogP contribution in [-0.4, -0.2) is 29.9 Å². The standard InChI is InChI=1S/C16H23NO3S/c1-2-19-15(18)16(12-5-6-12,17-13-7-8-13)11-21-10-14-4-3-9-20-14/h3-4,9,12-13,17H,2,5-8,10-11H2,1H3. The van der Waals surface area contributed by atoms with Crippen molar-refractivity contribution in [1.82, 2.24) is 5.32 Å². The highest BCUT2D eigenvalue weighted by Crippen LogP contribution is 2.44. The highest BCUT2D eigenvalue weighted by Gasteiger charge is 2.53. The zero-order chi connectivity index (χ0) is 14.7. The third-order valence-corrected chi connectivity index (χ3v) is 5.26. The molecule has 1 aromatic heterocycles. The molecule has 0 bridgehead atoms. The first-order valence-electron chi connectivity index (χ1n) is 7.79. The number of carbonyl (C=O) groups is 1. The van der Waals surface area contributed by atoms with Crippen molar-refractivity contribution >= 4 is 17.7 Å². The van der Waals surface area contributed by atoms with Crippen molar-refractivity contribution in [3.8, 4) is 0 Å². The Morgan fingerprint density at radius 1 is 1.48 bits per heavy atom. The summed E-state index contributed by atoms with van der Waals surface area (Å²) in [6, 6.07) is 4.38. The molecule has 2 aliphatic carbocycles. The van der Waals surface area contributed by atoms with Crippen molar-refractivity contribution in [1.29, 1.82) is 0 Å². The van der Waals surface area contributed by atoms with E-state index in [4.69, 9.17) is 9.15 Å². The van der Waals surface area contributed by atoms with E-state index in [0.717, 1.165) is 30.1 Å². The Balaban J connectivity index is 1.65. The molecule has 21 heavy (non-hydrogen) atoms. The highest BCUT2D eigenvalue weighted by molar-refractivity contribution is 7.98. The molecule has 5 heteroatoms. The molecule has 1 N–H and O–H groups in total. The molecule has 2 aliphatic rings. The van der Waals surface area contributed by atoms with Gasteiger partial charge in [0.2, 0.25) is 0 Å². The lowest BCUT2D eigenvalue weighted by atomic mass is 9.95. The minimum absolute atomic E-state index is 0.0636. The fourth-order valence-corrected chi connectivity index (χ4v) is 3.92. The van der Waals surface area contributed by atoms with Crippen molar-refractivity contribution in [3.63, 3.8) is 0 Å². The smallest absolute Gasteiger partial charge is 0.327 e. The fourth-order valence-electron chi connectivity index (χ4n) is 2.70. The topological polar surface area (TPSA) is 51.5 Å². The number of hydrogen-bond donors (Lipinski definition) is 1. The van der Waals surface area contributed by atoms with Gasteiger partial charge in [0.1, 0.15) is 11.3 Å². The van der Waals surface area contributed by atoms with Gasteiger partial charge in [-0.1, -0.05) is 0 Å². The number of carbonyl (C=O) groups excluding carboxylic acids is 1. The number of nitrogens with one attached hydrogen (secondary N) is 1. The summed E-state index contributed by atoms with van der Waals surface area (Å²) in [6.45, 7) is 2.32. The lowest BCUT2D eigenvalue weighted by Gasteiger charge is -2.32. The van der Waals surface area contributed by atoms with E-state index in [1.807, 2.05) is 19.1 Å². The average molecular weight is 309 g/mol. The third-order valence-electron chi connectivity index (χ3n) is 4.11. The monoisotopic (exact) mass is 309 g/mol. The van der Waals surface area contributed by atoms with E-state index in [2.05, 4.69) is 5.32 Å². The van der Waals surface area contributed by atoms with Crippen LogP contribution in [0.15, 0.2) is 22.8 Å². The summed E-state index contributed by atoms with van der Waals surface area (Å²) in [4.78, 5) is 12.6. The molecule has 4 nitrogen and oxygen atoms in total. The number of esters is 1. The highest BCUT2D eigenvalue weighted by atomic mass is 32.2. The zero-order valence-corrected chi connectivity index (χ0v) is 13.3. The van der Waals surface area contributed by atoms with Crippen LogP contribution in [0.2, 0.25) is 0 Å². The number of furan rings is 1. The molecule has 1 heterocycles. The molecule has 3 rings (SSSR count). The van der Waals surface area contributed by atoms with Crippen LogP contribution in [0.3, 0.4) is 0 Å². The maximum atomic E-state index is 12.6. The molecular formula is C16H23NO3S. The first kappa shape index (κ1) is 15.0. The average Bonchev–Trinajstić information content (AvgIpc) is 3.39. The first-order valence-corrected chi connectivity index (χ1v) is 8.95. The van der Waals surface area contributed by atoms with Crippen LogP contribution in [0.1, 0.15) is 38.4 Å². The molecule has 1 aromatic rings. The molecule has 2 fully saturated rings. The van der Waals surface area contributed by atoms with Gasteiger partial charge in [-0.25, -0.2) is 0 Å². The van der Waals surface area contributed by atoms with Crippen LogP contribution in [0.5, 0.6) is 0 Å². The largest absolute Gasteiger partial charge is 0.468 e. The summed E-state index contributed by atoms with van der Waals surface area (Å²) in [6.07, 6.45) is 6.30. The third kappa shape index (κ3) is 3.64. The quantitative estimate of drug-likeness (QED) is 0.711. The van der Waals surface area contributed by atoms with E-state index in [9.17, 15) is 4.79 Å². The zero-order valence-electron chi connectivity index (χ0n) is 12.5. The molecule has 0 aromatic carbocycles. The van der Waals surface area contributed by atoms with E-state index < -0.39 is 5.54 Å². The van der Waals surface area contributed by atoms with Crippen molar-refractivity contribution in [2.45, 2.75) is 49.9 Å². The van der Waals surface area contributed by atoms with Crippen molar-refractivity contribution in [2.24, 2.45) is 5.92 Å². The molecule has 0 spiro atoms. The van der Waals surface area contributed by atoms with Gasteiger partial charge >= 0.3 is 5.97 Å². The van der Waals surface area contributed by atoms with Gasteiger partial charge in [-0.15, -0.1) is 0 Å². The van der Waals surface area contributed by atoms with Crippen LogP contribution in [0.4, 0.5) is 0 Å². The SMILES string of the molecule is CCOC(=O)C(CSCc1ccco1)(NC1CC1)C1CC1. The Labute approximate surface area is 130 Å². The van der Waals surface area contributed by atoms with Crippen molar-refractivity contribution in [3.05, 3.63) is 24.2 Å². The van der Waals surface area contributed by atoms with Gasteiger partial charge in [0.05, 0.1) is 18.6 Å². The van der Waals surface area contributed by atoms with Gasteiger partial charge in [0.15, 0.2) is 0 Å². The molecule has 1 atom stereocenters. The van der Waals surface area contributed by atoms with E-state index in [1.54, 1.807) is 18.0 Å². The van der Waals surface area contributed by atoms with Gasteiger partial charge in [0.25, 0.3) is 0 Å². The Morgan fingerprint density at radius 2 is 2.29 bits per heavy atom. The second kappa shape index (κ2) is 6.44. The predicted octanol–water partition coefficient (Wildman–Crippen LogP) is 2.98. The number of ether oxygens (including phenoxy) is 1. The molecule has 0 saturated heterocycles. The minimum Gasteiger partial charge on any atom is -0.468 e. The van der Waals surface area contributed by atoms with Crippen LogP contribution in [0.25, 0.3) is 0 Å². The van der Waals surface area contributed by atoms with E-state index in [0.29, 0.717) is 18.6 Å². The lowest BCUT2D eigenvalue weighted by molar-refractivity contribution is -0.151. The normalized spacial score (nSPS) is 21.0. The van der Waals surface area contributed by atoms with Crippen LogP contribution >= 0.6 is 11.8 Å². The van der Waals surface area contributed by atoms with Gasteiger partial charge in [-0.3, -0.25) is 10.1 Å². The molecule has 1 unspecified atom stereocenters. The van der Waals surface area contributed by atoms with E-state index in [1.165, 1.54) is 12.8 Å². The van der Waals surface area contributed by atoms with Crippen LogP contribution in [-0.2, 0) is 15.3 Å². The molecule has 0 amide bonds. The van der Waals surface area contributed by atoms with Gasteiger partial charge in [-0.05, 0) is 50.7 Å². The van der Waals surface area contributed by atoms with E-state index in [-0.39, 0.29) is 5.97 Å². The summed E-state index contributed by atoms with van der Waals surface area (Å²) in [5, 5.41) is 3.61. The second-order valence-electron chi connectivity index (χ2n) is 5.96. The van der Waals surface area contributed by atoms with Gasteiger partial charge in [-0.2, -0.15) is 11.8 Å². The Bertz CT molecular complexity index is 468. The molecule has 2 saturated carbocycles. The van der Waals surface area contributed by atoms with Crippen molar-refractivity contribution < 1.29 is 13.9 Å². The van der Waals surface area contributed by atoms with E-state index >= 15 is 0 Å². The molecular weight excluding hydrogens is 286 g/mol. The van der Waals surface area contributed by atoms with Gasteiger partial charge < -0.3 is 9.15 Å². The Morgan fingerprint density at radius 3 is 2.86 bits per heavy atom. The summed E-state index contributed by atoms with van der Waals surface area (Å²) in [5.74, 6) is 2.88. The molecule has 0 aliphatic heterocycles. The summed E-state index contributed by atoms with van der Waals surface area (Å²) >= 11 is 1.75. The van der Waals surface area contributed by atoms with Crippen molar-refractivity contribution in [2.75, 3.05) is 12.4 Å².